The number of ketones is 1. The monoisotopic (exact) mass is 633 g/mol. The Morgan fingerprint density at radius 2 is 1.41 bits per heavy atom. The molecule has 3 aromatic rings. The van der Waals surface area contributed by atoms with Crippen LogP contribution in [-0.2, 0) is 9.59 Å². The summed E-state index contributed by atoms with van der Waals surface area (Å²) in [5.74, 6) is -4.53. The van der Waals surface area contributed by atoms with E-state index >= 15 is 0 Å². The third-order valence-electron chi connectivity index (χ3n) is 8.08. The molecule has 11 nitrogen and oxygen atoms in total. The topological polar surface area (TPSA) is 144 Å². The summed E-state index contributed by atoms with van der Waals surface area (Å²) in [7, 11) is 0. The van der Waals surface area contributed by atoms with Crippen molar-refractivity contribution in [3.05, 3.63) is 116 Å². The van der Waals surface area contributed by atoms with E-state index in [0.29, 0.717) is 6.42 Å². The van der Waals surface area contributed by atoms with Crippen molar-refractivity contribution in [3.8, 4) is 5.75 Å². The maximum atomic E-state index is 13.7. The molecule has 2 bridgehead atoms. The number of imide groups is 1. The second kappa shape index (κ2) is 11.3. The number of amides is 3. The minimum absolute atomic E-state index is 0.0273. The second-order valence-electron chi connectivity index (χ2n) is 10.6. The number of benzene rings is 3. The Balaban J connectivity index is 1.22. The van der Waals surface area contributed by atoms with Crippen molar-refractivity contribution in [2.45, 2.75) is 6.42 Å². The molecule has 1 heterocycles. The lowest BCUT2D eigenvalue weighted by Gasteiger charge is -2.31. The average molecular weight is 634 g/mol. The van der Waals surface area contributed by atoms with Crippen LogP contribution in [0.25, 0.3) is 0 Å². The lowest BCUT2D eigenvalue weighted by Crippen LogP contribution is -2.52. The minimum atomic E-state index is -0.785. The van der Waals surface area contributed by atoms with Gasteiger partial charge >= 0.3 is 5.97 Å². The van der Waals surface area contributed by atoms with E-state index in [9.17, 15) is 34.1 Å². The molecule has 222 valence electrons. The number of non-ortho nitro benzene ring substituents is 1. The van der Waals surface area contributed by atoms with Gasteiger partial charge in [-0.05, 0) is 72.9 Å². The summed E-state index contributed by atoms with van der Waals surface area (Å²) in [5, 5.41) is 12.8. The van der Waals surface area contributed by atoms with Gasteiger partial charge in [0.15, 0.2) is 5.78 Å². The number of hydrogen-bond donors (Lipinski definition) is 0. The highest BCUT2D eigenvalue weighted by Crippen LogP contribution is 2.52. The van der Waals surface area contributed by atoms with Crippen molar-refractivity contribution in [2.75, 3.05) is 6.54 Å². The maximum Gasteiger partial charge on any atom is 0.343 e. The number of ether oxygens (including phenoxy) is 1. The largest absolute Gasteiger partial charge is 0.423 e. The second-order valence-corrected chi connectivity index (χ2v) is 11.4. The Morgan fingerprint density at radius 1 is 0.841 bits per heavy atom. The number of carbonyl (C=O) groups excluding carboxylic acids is 5. The fraction of sp³-hybridized carbons (Fsp3) is 0.194. The minimum Gasteiger partial charge on any atom is -0.423 e. The standard InChI is InChI=1S/C31H21Cl2N3O8/c32-23-12-7-20(14-24(23)33)28(38)34(35-29(39)26-18-1-2-19(13-18)27(26)30(35)40)15-25(37)16-5-10-22(11-6-16)44-31(41)17-3-8-21(9-4-17)36(42)43/h1-12,14,18-19,26-27H,13,15H2/t18-,19-,26-,27+/m0/s1. The first kappa shape index (κ1) is 29.2. The number of hydrazine groups is 1. The number of carbonyl (C=O) groups is 5. The first-order valence-corrected chi connectivity index (χ1v) is 14.2. The van der Waals surface area contributed by atoms with Crippen LogP contribution in [0.3, 0.4) is 0 Å². The van der Waals surface area contributed by atoms with Gasteiger partial charge in [0.05, 0.1) is 32.4 Å². The molecule has 2 fully saturated rings. The third kappa shape index (κ3) is 5.14. The van der Waals surface area contributed by atoms with E-state index in [4.69, 9.17) is 27.9 Å². The van der Waals surface area contributed by atoms with Gasteiger partial charge in [-0.1, -0.05) is 35.4 Å². The van der Waals surface area contributed by atoms with Crippen molar-refractivity contribution in [1.82, 2.24) is 10.0 Å². The zero-order valence-corrected chi connectivity index (χ0v) is 24.1. The molecule has 0 unspecified atom stereocenters. The molecule has 0 N–H and O–H groups in total. The van der Waals surface area contributed by atoms with Crippen LogP contribution >= 0.6 is 23.2 Å². The van der Waals surface area contributed by atoms with Crippen LogP contribution in [0.15, 0.2) is 78.9 Å². The van der Waals surface area contributed by atoms with Crippen molar-refractivity contribution in [2.24, 2.45) is 23.7 Å². The molecule has 1 aliphatic heterocycles. The molecule has 2 aliphatic carbocycles. The molecule has 3 amide bonds. The molecule has 0 radical (unpaired) electrons. The van der Waals surface area contributed by atoms with Gasteiger partial charge in [0.25, 0.3) is 23.4 Å². The molecule has 6 rings (SSSR count). The maximum absolute atomic E-state index is 13.7. The van der Waals surface area contributed by atoms with Gasteiger partial charge in [0.2, 0.25) is 0 Å². The van der Waals surface area contributed by atoms with Crippen LogP contribution in [0.5, 0.6) is 5.75 Å². The molecule has 3 aromatic carbocycles. The fourth-order valence-electron chi connectivity index (χ4n) is 5.96. The number of nitro groups is 1. The van der Waals surface area contributed by atoms with Gasteiger partial charge in [-0.2, -0.15) is 5.01 Å². The summed E-state index contributed by atoms with van der Waals surface area (Å²) < 4.78 is 5.30. The number of esters is 1. The van der Waals surface area contributed by atoms with E-state index in [1.165, 1.54) is 66.7 Å². The molecule has 1 saturated heterocycles. The van der Waals surface area contributed by atoms with Crippen LogP contribution in [0.2, 0.25) is 10.0 Å². The van der Waals surface area contributed by atoms with Gasteiger partial charge in [-0.25, -0.2) is 9.80 Å². The fourth-order valence-corrected chi connectivity index (χ4v) is 6.26. The predicted octanol–water partition coefficient (Wildman–Crippen LogP) is 5.17. The SMILES string of the molecule is O=C(CN(C(=O)c1ccc(Cl)c(Cl)c1)N1C(=O)[C@@H]2[C@H](C1=O)[C@H]1C=C[C@H]2C1)c1ccc(OC(=O)c2ccc([N+](=O)[O-])cc2)cc1. The van der Waals surface area contributed by atoms with Crippen molar-refractivity contribution < 1.29 is 33.6 Å². The van der Waals surface area contributed by atoms with E-state index in [1.807, 2.05) is 12.2 Å². The Bertz CT molecular complexity index is 1740. The molecule has 0 aromatic heterocycles. The van der Waals surface area contributed by atoms with Gasteiger partial charge in [-0.15, -0.1) is 0 Å². The molecule has 13 heteroatoms. The molecule has 3 aliphatic rings. The number of rotatable bonds is 8. The van der Waals surface area contributed by atoms with Gasteiger partial charge in [0.1, 0.15) is 12.3 Å². The van der Waals surface area contributed by atoms with E-state index in [-0.39, 0.29) is 50.0 Å². The van der Waals surface area contributed by atoms with Crippen LogP contribution in [0.1, 0.15) is 37.5 Å². The van der Waals surface area contributed by atoms with Crippen molar-refractivity contribution in [1.29, 1.82) is 0 Å². The third-order valence-corrected chi connectivity index (χ3v) is 8.82. The Kier molecular flexibility index (Phi) is 7.52. The molecule has 0 spiro atoms. The molecule has 4 atom stereocenters. The quantitative estimate of drug-likeness (QED) is 0.0628. The number of fused-ring (bicyclic) bond motifs is 5. The van der Waals surface area contributed by atoms with Gasteiger partial charge < -0.3 is 4.74 Å². The number of halogens is 2. The Labute approximate surface area is 259 Å². The highest BCUT2D eigenvalue weighted by atomic mass is 35.5. The highest BCUT2D eigenvalue weighted by Gasteiger charge is 2.61. The summed E-state index contributed by atoms with van der Waals surface area (Å²) in [4.78, 5) is 77.0. The Morgan fingerprint density at radius 3 is 1.98 bits per heavy atom. The number of Topliss-reactive ketones (excluding diaryl/α,β-unsaturated/α-hetero) is 1. The van der Waals surface area contributed by atoms with Crippen LogP contribution in [-0.4, -0.2) is 51.0 Å². The summed E-state index contributed by atoms with van der Waals surface area (Å²) in [6.07, 6.45) is 4.54. The summed E-state index contributed by atoms with van der Waals surface area (Å²) in [5.41, 5.74) is 0.0498. The van der Waals surface area contributed by atoms with Crippen molar-refractivity contribution in [3.63, 3.8) is 0 Å². The molecular weight excluding hydrogens is 613 g/mol. The van der Waals surface area contributed by atoms with E-state index < -0.39 is 52.8 Å². The Hall–Kier alpha value is -4.87. The smallest absolute Gasteiger partial charge is 0.343 e. The van der Waals surface area contributed by atoms with E-state index in [0.717, 1.165) is 10.0 Å². The molecule has 1 saturated carbocycles. The van der Waals surface area contributed by atoms with Crippen LogP contribution in [0, 0.1) is 33.8 Å². The highest BCUT2D eigenvalue weighted by molar-refractivity contribution is 6.42. The molecule has 44 heavy (non-hydrogen) atoms. The number of nitro benzene ring substituents is 1. The summed E-state index contributed by atoms with van der Waals surface area (Å²) >= 11 is 12.1. The van der Waals surface area contributed by atoms with E-state index in [2.05, 4.69) is 0 Å². The van der Waals surface area contributed by atoms with Gasteiger partial charge in [-0.3, -0.25) is 29.3 Å². The zero-order chi connectivity index (χ0) is 31.3. The number of allylic oxidation sites excluding steroid dienone is 2. The lowest BCUT2D eigenvalue weighted by molar-refractivity contribution is -0.384. The van der Waals surface area contributed by atoms with Crippen molar-refractivity contribution >= 4 is 58.4 Å². The first-order chi connectivity index (χ1) is 21.0. The van der Waals surface area contributed by atoms with Gasteiger partial charge in [0, 0.05) is 23.3 Å². The lowest BCUT2D eigenvalue weighted by atomic mass is 9.85. The predicted molar refractivity (Wildman–Crippen MR) is 156 cm³/mol. The number of hydrogen-bond acceptors (Lipinski definition) is 8. The summed E-state index contributed by atoms with van der Waals surface area (Å²) in [6, 6.07) is 14.4. The van der Waals surface area contributed by atoms with Crippen LogP contribution < -0.4 is 4.74 Å². The summed E-state index contributed by atoms with van der Waals surface area (Å²) in [6.45, 7) is -0.638. The first-order valence-electron chi connectivity index (χ1n) is 13.5. The normalized spacial score (nSPS) is 21.4. The van der Waals surface area contributed by atoms with Crippen LogP contribution in [0.4, 0.5) is 5.69 Å². The van der Waals surface area contributed by atoms with E-state index in [1.54, 1.807) is 0 Å². The number of nitrogens with zero attached hydrogens (tertiary/aromatic N) is 3. The average Bonchev–Trinajstić information content (AvgIpc) is 3.71. The zero-order valence-electron chi connectivity index (χ0n) is 22.6. The molecular formula is C31H21Cl2N3O8.